The molecule has 2 N–H and O–H groups in total. The fourth-order valence-corrected chi connectivity index (χ4v) is 0.521. The zero-order chi connectivity index (χ0) is 8.04. The van der Waals surface area contributed by atoms with E-state index < -0.39 is 7.82 Å². The van der Waals surface area contributed by atoms with Gasteiger partial charge >= 0.3 is 7.82 Å². The van der Waals surface area contributed by atoms with Crippen LogP contribution in [0.5, 0.6) is 0 Å². The Bertz CT molecular complexity index is 119. The van der Waals surface area contributed by atoms with Crippen molar-refractivity contribution in [1.29, 1.82) is 0 Å². The summed E-state index contributed by atoms with van der Waals surface area (Å²) >= 11 is 0. The molecule has 0 saturated carbocycles. The fraction of sp³-hybridized carbons (Fsp3) is 1.00. The van der Waals surface area contributed by atoms with E-state index in [1.165, 1.54) is 0 Å². The SMILES string of the molecule is CCCOCOP(=O)(O)O. The van der Waals surface area contributed by atoms with Crippen LogP contribution in [0.1, 0.15) is 13.3 Å². The van der Waals surface area contributed by atoms with Crippen molar-refractivity contribution in [2.24, 2.45) is 0 Å². The van der Waals surface area contributed by atoms with Crippen molar-refractivity contribution >= 4 is 7.82 Å². The second kappa shape index (κ2) is 4.82. The molecule has 0 spiro atoms. The van der Waals surface area contributed by atoms with E-state index in [0.29, 0.717) is 6.61 Å². The van der Waals surface area contributed by atoms with Crippen molar-refractivity contribution in [2.45, 2.75) is 13.3 Å². The highest BCUT2D eigenvalue weighted by atomic mass is 31.2. The zero-order valence-electron chi connectivity index (χ0n) is 5.69. The van der Waals surface area contributed by atoms with Gasteiger partial charge in [-0.2, -0.15) is 0 Å². The summed E-state index contributed by atoms with van der Waals surface area (Å²) < 4.78 is 18.6. The third kappa shape index (κ3) is 8.07. The van der Waals surface area contributed by atoms with Gasteiger partial charge in [0.05, 0.1) is 0 Å². The average Bonchev–Trinajstić information content (AvgIpc) is 1.78. The van der Waals surface area contributed by atoms with Crippen molar-refractivity contribution in [3.8, 4) is 0 Å². The van der Waals surface area contributed by atoms with Gasteiger partial charge in [-0.15, -0.1) is 0 Å². The lowest BCUT2D eigenvalue weighted by atomic mass is 10.5. The van der Waals surface area contributed by atoms with E-state index >= 15 is 0 Å². The van der Waals surface area contributed by atoms with Gasteiger partial charge in [0, 0.05) is 6.61 Å². The first-order chi connectivity index (χ1) is 4.56. The van der Waals surface area contributed by atoms with Crippen molar-refractivity contribution in [2.75, 3.05) is 13.4 Å². The molecule has 0 amide bonds. The summed E-state index contributed by atoms with van der Waals surface area (Å²) in [5.74, 6) is 0. The highest BCUT2D eigenvalue weighted by molar-refractivity contribution is 7.46. The molecule has 0 fully saturated rings. The third-order valence-corrected chi connectivity index (χ3v) is 1.09. The largest absolute Gasteiger partial charge is 0.471 e. The molecule has 0 aromatic heterocycles. The Morgan fingerprint density at radius 3 is 2.50 bits per heavy atom. The van der Waals surface area contributed by atoms with Crippen molar-refractivity contribution in [1.82, 2.24) is 0 Å². The van der Waals surface area contributed by atoms with E-state index in [4.69, 9.17) is 9.79 Å². The number of hydrogen-bond acceptors (Lipinski definition) is 3. The molecular weight excluding hydrogens is 159 g/mol. The van der Waals surface area contributed by atoms with Gasteiger partial charge in [0.2, 0.25) is 0 Å². The second-order valence-corrected chi connectivity index (χ2v) is 2.89. The maximum atomic E-state index is 9.99. The number of rotatable bonds is 5. The van der Waals surface area contributed by atoms with Gasteiger partial charge in [-0.25, -0.2) is 4.57 Å². The van der Waals surface area contributed by atoms with E-state index in [1.807, 2.05) is 6.92 Å². The second-order valence-electron chi connectivity index (χ2n) is 1.65. The summed E-state index contributed by atoms with van der Waals surface area (Å²) in [6.45, 7) is 1.98. The number of hydrogen-bond donors (Lipinski definition) is 2. The van der Waals surface area contributed by atoms with Crippen LogP contribution >= 0.6 is 7.82 Å². The lowest BCUT2D eigenvalue weighted by Crippen LogP contribution is -1.98. The van der Waals surface area contributed by atoms with E-state index in [9.17, 15) is 4.57 Å². The molecule has 0 atom stereocenters. The van der Waals surface area contributed by atoms with Crippen LogP contribution in [0, 0.1) is 0 Å². The highest BCUT2D eigenvalue weighted by Crippen LogP contribution is 2.35. The van der Waals surface area contributed by atoms with E-state index in [1.54, 1.807) is 0 Å². The first-order valence-corrected chi connectivity index (χ1v) is 4.37. The molecule has 5 nitrogen and oxygen atoms in total. The van der Waals surface area contributed by atoms with Crippen molar-refractivity contribution in [3.63, 3.8) is 0 Å². The van der Waals surface area contributed by atoms with Gasteiger partial charge in [0.25, 0.3) is 0 Å². The first kappa shape index (κ1) is 10.1. The highest BCUT2D eigenvalue weighted by Gasteiger charge is 2.12. The van der Waals surface area contributed by atoms with E-state index in [0.717, 1.165) is 6.42 Å². The first-order valence-electron chi connectivity index (χ1n) is 2.84. The van der Waals surface area contributed by atoms with Gasteiger partial charge in [0.15, 0.2) is 6.79 Å². The summed E-state index contributed by atoms with van der Waals surface area (Å²) in [5.41, 5.74) is 0. The van der Waals surface area contributed by atoms with Crippen LogP contribution in [0.2, 0.25) is 0 Å². The quantitative estimate of drug-likeness (QED) is 0.356. The molecule has 0 radical (unpaired) electrons. The van der Waals surface area contributed by atoms with Crippen LogP contribution in [-0.4, -0.2) is 23.2 Å². The van der Waals surface area contributed by atoms with Gasteiger partial charge in [0.1, 0.15) is 0 Å². The Morgan fingerprint density at radius 1 is 1.50 bits per heavy atom. The number of phosphoric ester groups is 1. The molecule has 0 saturated heterocycles. The smallest absolute Gasteiger partial charge is 0.355 e. The van der Waals surface area contributed by atoms with E-state index in [2.05, 4.69) is 9.26 Å². The minimum Gasteiger partial charge on any atom is -0.355 e. The normalized spacial score (nSPS) is 11.9. The summed E-state index contributed by atoms with van der Waals surface area (Å²) in [5, 5.41) is 0. The molecule has 0 aliphatic carbocycles. The average molecular weight is 170 g/mol. The van der Waals surface area contributed by atoms with Crippen molar-refractivity contribution < 1.29 is 23.6 Å². The molecule has 0 aliphatic rings. The summed E-state index contributed by atoms with van der Waals surface area (Å²) in [7, 11) is -4.33. The third-order valence-electron chi connectivity index (χ3n) is 0.653. The fourth-order valence-electron chi connectivity index (χ4n) is 0.309. The van der Waals surface area contributed by atoms with Gasteiger partial charge in [-0.1, -0.05) is 6.92 Å². The number of phosphoric acid groups is 1. The van der Waals surface area contributed by atoms with Crippen LogP contribution in [-0.2, 0) is 13.8 Å². The molecule has 6 heteroatoms. The van der Waals surface area contributed by atoms with Gasteiger partial charge < -0.3 is 14.5 Å². The molecule has 0 aromatic rings. The molecule has 0 aliphatic heterocycles. The van der Waals surface area contributed by atoms with E-state index in [-0.39, 0.29) is 6.79 Å². The zero-order valence-corrected chi connectivity index (χ0v) is 6.58. The predicted octanol–water partition coefficient (Wildman–Crippen LogP) is 0.480. The topological polar surface area (TPSA) is 76.0 Å². The number of ether oxygens (including phenoxy) is 1. The molecular formula is C4H11O5P. The Hall–Kier alpha value is 0.0700. The lowest BCUT2D eigenvalue weighted by Gasteiger charge is -2.04. The predicted molar refractivity (Wildman–Crippen MR) is 34.2 cm³/mol. The Kier molecular flexibility index (Phi) is 4.85. The van der Waals surface area contributed by atoms with Crippen LogP contribution in [0.4, 0.5) is 0 Å². The minimum absolute atomic E-state index is 0.349. The molecule has 0 aromatic carbocycles. The summed E-state index contributed by atoms with van der Waals surface area (Å²) in [6, 6.07) is 0. The summed E-state index contributed by atoms with van der Waals surface area (Å²) in [4.78, 5) is 16.3. The molecule has 0 rings (SSSR count). The van der Waals surface area contributed by atoms with Crippen LogP contribution in [0.3, 0.4) is 0 Å². The molecule has 0 unspecified atom stereocenters. The standard InChI is InChI=1S/C4H11O5P/c1-2-3-8-4-9-10(5,6)7/h2-4H2,1H3,(H2,5,6,7). The maximum absolute atomic E-state index is 9.99. The summed E-state index contributed by atoms with van der Waals surface area (Å²) in [6.07, 6.45) is 0.796. The monoisotopic (exact) mass is 170 g/mol. The van der Waals surface area contributed by atoms with Crippen LogP contribution in [0.15, 0.2) is 0 Å². The lowest BCUT2D eigenvalue weighted by molar-refractivity contribution is -0.00130. The van der Waals surface area contributed by atoms with Crippen LogP contribution < -0.4 is 0 Å². The van der Waals surface area contributed by atoms with Crippen LogP contribution in [0.25, 0.3) is 0 Å². The van der Waals surface area contributed by atoms with Crippen molar-refractivity contribution in [3.05, 3.63) is 0 Å². The Labute approximate surface area is 59.2 Å². The molecule has 10 heavy (non-hydrogen) atoms. The molecule has 0 bridgehead atoms. The molecule has 62 valence electrons. The minimum atomic E-state index is -4.33. The van der Waals surface area contributed by atoms with Gasteiger partial charge in [-0.05, 0) is 6.42 Å². The molecule has 0 heterocycles. The Morgan fingerprint density at radius 2 is 2.10 bits per heavy atom. The van der Waals surface area contributed by atoms with Gasteiger partial charge in [-0.3, -0.25) is 4.52 Å². The Balaban J connectivity index is 3.13. The maximum Gasteiger partial charge on any atom is 0.471 e.